The first-order valence-electron chi connectivity index (χ1n) is 9.70. The van der Waals surface area contributed by atoms with Gasteiger partial charge in [-0.2, -0.15) is 0 Å². The third kappa shape index (κ3) is 6.65. The van der Waals surface area contributed by atoms with Crippen LogP contribution >= 0.6 is 0 Å². The number of aryl methyl sites for hydroxylation is 2. The van der Waals surface area contributed by atoms with E-state index in [-0.39, 0.29) is 36.4 Å². The summed E-state index contributed by atoms with van der Waals surface area (Å²) in [7, 11) is 1.55. The molecule has 0 atom stereocenters. The minimum atomic E-state index is -0.357. The van der Waals surface area contributed by atoms with Gasteiger partial charge in [0.1, 0.15) is 5.75 Å². The number of hydrogen-bond donors (Lipinski definition) is 2. The summed E-state index contributed by atoms with van der Waals surface area (Å²) in [6.45, 7) is 9.20. The molecule has 1 aromatic heterocycles. The number of rotatable bonds is 7. The summed E-state index contributed by atoms with van der Waals surface area (Å²) in [5, 5.41) is 2.80. The lowest BCUT2D eigenvalue weighted by Gasteiger charge is -2.23. The van der Waals surface area contributed by atoms with Crippen LogP contribution in [0.3, 0.4) is 0 Å². The van der Waals surface area contributed by atoms with Crippen molar-refractivity contribution in [3.8, 4) is 5.75 Å². The van der Waals surface area contributed by atoms with Gasteiger partial charge in [0.2, 0.25) is 5.91 Å². The molecule has 8 nitrogen and oxygen atoms in total. The Bertz CT molecular complexity index is 891. The lowest BCUT2D eigenvalue weighted by atomic mass is 10.1. The molecule has 0 bridgehead atoms. The highest BCUT2D eigenvalue weighted by Gasteiger charge is 2.18. The third-order valence-electron chi connectivity index (χ3n) is 4.28. The summed E-state index contributed by atoms with van der Waals surface area (Å²) in [5.74, 6) is -0.341. The van der Waals surface area contributed by atoms with Crippen molar-refractivity contribution in [3.63, 3.8) is 0 Å². The van der Waals surface area contributed by atoms with Crippen molar-refractivity contribution in [3.05, 3.63) is 53.3 Å². The Labute approximate surface area is 177 Å². The van der Waals surface area contributed by atoms with E-state index in [0.717, 1.165) is 11.4 Å². The molecule has 8 heteroatoms. The first-order valence-corrected chi connectivity index (χ1v) is 9.70. The summed E-state index contributed by atoms with van der Waals surface area (Å²) in [5.41, 5.74) is 4.80. The van der Waals surface area contributed by atoms with Gasteiger partial charge in [0, 0.05) is 29.5 Å². The summed E-state index contributed by atoms with van der Waals surface area (Å²) >= 11 is 0. The van der Waals surface area contributed by atoms with Crippen LogP contribution in [0, 0.1) is 13.8 Å². The lowest BCUT2D eigenvalue weighted by Crippen LogP contribution is -2.47. The molecular formula is C22H30N4O4. The number of amides is 3. The first kappa shape index (κ1) is 23.0. The van der Waals surface area contributed by atoms with E-state index in [1.807, 2.05) is 46.8 Å². The Morgan fingerprint density at radius 3 is 2.10 bits per heavy atom. The average Bonchev–Trinajstić information content (AvgIpc) is 2.96. The fraction of sp³-hybridized carbons (Fsp3) is 0.409. The van der Waals surface area contributed by atoms with Gasteiger partial charge < -0.3 is 15.0 Å². The number of benzene rings is 1. The Morgan fingerprint density at radius 2 is 1.57 bits per heavy atom. The molecule has 0 aliphatic heterocycles. The molecule has 0 unspecified atom stereocenters. The predicted octanol–water partition coefficient (Wildman–Crippen LogP) is 2.24. The van der Waals surface area contributed by atoms with Gasteiger partial charge in [-0.25, -0.2) is 0 Å². The van der Waals surface area contributed by atoms with Crippen LogP contribution in [0.15, 0.2) is 36.4 Å². The maximum atomic E-state index is 12.4. The van der Waals surface area contributed by atoms with Gasteiger partial charge in [-0.1, -0.05) is 0 Å². The highest BCUT2D eigenvalue weighted by atomic mass is 16.5. The highest BCUT2D eigenvalue weighted by Crippen LogP contribution is 2.13. The minimum Gasteiger partial charge on any atom is -0.484 e. The zero-order chi connectivity index (χ0) is 22.5. The van der Waals surface area contributed by atoms with Crippen molar-refractivity contribution in [1.82, 2.24) is 14.9 Å². The Hall–Kier alpha value is -3.29. The summed E-state index contributed by atoms with van der Waals surface area (Å²) in [6.07, 6.45) is 0. The van der Waals surface area contributed by atoms with E-state index in [0.29, 0.717) is 11.3 Å². The Balaban J connectivity index is 1.86. The van der Waals surface area contributed by atoms with Crippen LogP contribution in [0.25, 0.3) is 0 Å². The van der Waals surface area contributed by atoms with E-state index in [2.05, 4.69) is 10.7 Å². The standard InChI is InChI=1S/C22H30N4O4/c1-15-7-8-16(2)26(15)24-21(29)17-9-11-18(12-10-17)30-14-20(28)25(6)13-19(27)23-22(3,4)5/h7-12H,13-14H2,1-6H3,(H,23,27)(H,24,29). The summed E-state index contributed by atoms with van der Waals surface area (Å²) < 4.78 is 7.21. The summed E-state index contributed by atoms with van der Waals surface area (Å²) in [6, 6.07) is 10.4. The predicted molar refractivity (Wildman–Crippen MR) is 115 cm³/mol. The molecule has 0 aliphatic carbocycles. The average molecular weight is 415 g/mol. The van der Waals surface area contributed by atoms with Crippen LogP contribution in [0.2, 0.25) is 0 Å². The molecule has 1 aromatic carbocycles. The molecule has 3 amide bonds. The van der Waals surface area contributed by atoms with E-state index >= 15 is 0 Å². The lowest BCUT2D eigenvalue weighted by molar-refractivity contribution is -0.136. The van der Waals surface area contributed by atoms with E-state index in [4.69, 9.17) is 4.74 Å². The number of likely N-dealkylation sites (N-methyl/N-ethyl adjacent to an activating group) is 1. The molecule has 0 spiro atoms. The molecular weight excluding hydrogens is 384 g/mol. The number of carbonyl (C=O) groups is 3. The van der Waals surface area contributed by atoms with Crippen LogP contribution in [-0.4, -0.2) is 53.0 Å². The van der Waals surface area contributed by atoms with Crippen molar-refractivity contribution in [2.75, 3.05) is 25.6 Å². The van der Waals surface area contributed by atoms with Gasteiger partial charge >= 0.3 is 0 Å². The molecule has 0 aliphatic rings. The smallest absolute Gasteiger partial charge is 0.270 e. The molecule has 162 valence electrons. The Kier molecular flexibility index (Phi) is 7.26. The van der Waals surface area contributed by atoms with Gasteiger partial charge in [-0.05, 0) is 71.0 Å². The number of hydrogen-bond acceptors (Lipinski definition) is 4. The van der Waals surface area contributed by atoms with Gasteiger partial charge in [0.15, 0.2) is 6.61 Å². The fourth-order valence-corrected chi connectivity index (χ4v) is 2.73. The van der Waals surface area contributed by atoms with Crippen LogP contribution in [-0.2, 0) is 9.59 Å². The molecule has 0 saturated carbocycles. The third-order valence-corrected chi connectivity index (χ3v) is 4.28. The van der Waals surface area contributed by atoms with Gasteiger partial charge in [-0.15, -0.1) is 0 Å². The molecule has 0 radical (unpaired) electrons. The van der Waals surface area contributed by atoms with Crippen molar-refractivity contribution in [1.29, 1.82) is 0 Å². The molecule has 30 heavy (non-hydrogen) atoms. The summed E-state index contributed by atoms with van der Waals surface area (Å²) in [4.78, 5) is 37.8. The number of ether oxygens (including phenoxy) is 1. The van der Waals surface area contributed by atoms with Crippen molar-refractivity contribution < 1.29 is 19.1 Å². The first-order chi connectivity index (χ1) is 14.0. The maximum absolute atomic E-state index is 12.4. The maximum Gasteiger partial charge on any atom is 0.270 e. The van der Waals surface area contributed by atoms with Crippen molar-refractivity contribution in [2.24, 2.45) is 0 Å². The van der Waals surface area contributed by atoms with Crippen LogP contribution < -0.4 is 15.5 Å². The molecule has 2 N–H and O–H groups in total. The normalized spacial score (nSPS) is 11.0. The van der Waals surface area contributed by atoms with Crippen LogP contribution in [0.5, 0.6) is 5.75 Å². The van der Waals surface area contributed by atoms with Gasteiger partial charge in [0.05, 0.1) is 6.54 Å². The van der Waals surface area contributed by atoms with Crippen molar-refractivity contribution in [2.45, 2.75) is 40.2 Å². The van der Waals surface area contributed by atoms with E-state index in [1.165, 1.54) is 4.90 Å². The number of carbonyl (C=O) groups excluding carboxylic acids is 3. The second-order valence-electron chi connectivity index (χ2n) is 8.25. The zero-order valence-electron chi connectivity index (χ0n) is 18.4. The van der Waals surface area contributed by atoms with E-state index < -0.39 is 0 Å². The second kappa shape index (κ2) is 9.47. The van der Waals surface area contributed by atoms with Crippen LogP contribution in [0.4, 0.5) is 0 Å². The SMILES string of the molecule is Cc1ccc(C)n1NC(=O)c1ccc(OCC(=O)N(C)CC(=O)NC(C)(C)C)cc1. The topological polar surface area (TPSA) is 92.7 Å². The van der Waals surface area contributed by atoms with E-state index in [1.54, 1.807) is 36.0 Å². The highest BCUT2D eigenvalue weighted by molar-refractivity contribution is 6.00. The second-order valence-corrected chi connectivity index (χ2v) is 8.25. The molecule has 2 aromatic rings. The van der Waals surface area contributed by atoms with E-state index in [9.17, 15) is 14.4 Å². The molecule has 0 saturated heterocycles. The number of nitrogens with zero attached hydrogens (tertiary/aromatic N) is 2. The number of aromatic nitrogens is 1. The largest absolute Gasteiger partial charge is 0.484 e. The molecule has 0 fully saturated rings. The molecule has 1 heterocycles. The van der Waals surface area contributed by atoms with Crippen LogP contribution in [0.1, 0.15) is 42.5 Å². The quantitative estimate of drug-likeness (QED) is 0.727. The number of nitrogens with one attached hydrogen (secondary N) is 2. The molecule has 2 rings (SSSR count). The van der Waals surface area contributed by atoms with Gasteiger partial charge in [-0.3, -0.25) is 24.5 Å². The fourth-order valence-electron chi connectivity index (χ4n) is 2.73. The monoisotopic (exact) mass is 414 g/mol. The Morgan fingerprint density at radius 1 is 1.00 bits per heavy atom. The minimum absolute atomic E-state index is 0.0448. The van der Waals surface area contributed by atoms with Crippen molar-refractivity contribution >= 4 is 17.7 Å². The van der Waals surface area contributed by atoms with Gasteiger partial charge in [0.25, 0.3) is 11.8 Å². The zero-order valence-corrected chi connectivity index (χ0v) is 18.4.